The minimum Gasteiger partial charge on any atom is -0.481 e. The van der Waals surface area contributed by atoms with E-state index in [0.717, 1.165) is 17.0 Å². The smallest absolute Gasteiger partial charge is 0.304 e. The lowest BCUT2D eigenvalue weighted by atomic mass is 10.3. The Hall–Kier alpha value is -1.88. The zero-order chi connectivity index (χ0) is 13.1. The molecule has 0 aliphatic carbocycles. The molecule has 2 aromatic heterocycles. The van der Waals surface area contributed by atoms with Gasteiger partial charge in [0.25, 0.3) is 0 Å². The average Bonchev–Trinajstić information content (AvgIpc) is 2.64. The molecule has 0 amide bonds. The van der Waals surface area contributed by atoms with Gasteiger partial charge in [0.1, 0.15) is 5.65 Å². The molecule has 0 bridgehead atoms. The first-order chi connectivity index (χ1) is 8.58. The van der Waals surface area contributed by atoms with Crippen molar-refractivity contribution in [1.29, 1.82) is 0 Å². The first-order valence-electron chi connectivity index (χ1n) is 5.91. The number of nitrogens with zero attached hydrogens (tertiary/aromatic N) is 3. The molecule has 0 aliphatic rings. The molecule has 96 valence electrons. The van der Waals surface area contributed by atoms with Crippen LogP contribution in [0.15, 0.2) is 24.4 Å². The van der Waals surface area contributed by atoms with Crippen LogP contribution in [0.1, 0.15) is 17.8 Å². The Morgan fingerprint density at radius 1 is 1.50 bits per heavy atom. The summed E-state index contributed by atoms with van der Waals surface area (Å²) in [5.74, 6) is -0.767. The molecule has 0 spiro atoms. The highest BCUT2D eigenvalue weighted by Gasteiger charge is 2.11. The average molecular weight is 247 g/mol. The summed E-state index contributed by atoms with van der Waals surface area (Å²) >= 11 is 0. The molecule has 18 heavy (non-hydrogen) atoms. The number of hydrogen-bond acceptors (Lipinski definition) is 3. The number of carboxylic acids is 1. The van der Waals surface area contributed by atoms with Crippen molar-refractivity contribution in [3.05, 3.63) is 35.8 Å². The van der Waals surface area contributed by atoms with Crippen LogP contribution in [0.2, 0.25) is 0 Å². The molecular weight excluding hydrogens is 230 g/mol. The van der Waals surface area contributed by atoms with Crippen LogP contribution in [-0.2, 0) is 11.3 Å². The van der Waals surface area contributed by atoms with Crippen molar-refractivity contribution < 1.29 is 9.90 Å². The van der Waals surface area contributed by atoms with Gasteiger partial charge < -0.3 is 9.51 Å². The standard InChI is InChI=1S/C13H17N3O2/c1-10-11(9-15(2)8-6-13(17)18)16-7-4-3-5-12(16)14-10/h3-5,7H,6,8-9H2,1-2H3,(H,17,18). The molecule has 0 fully saturated rings. The zero-order valence-electron chi connectivity index (χ0n) is 10.6. The van der Waals surface area contributed by atoms with Gasteiger partial charge in [0.05, 0.1) is 17.8 Å². The van der Waals surface area contributed by atoms with Crippen molar-refractivity contribution in [1.82, 2.24) is 14.3 Å². The highest BCUT2D eigenvalue weighted by molar-refractivity contribution is 5.66. The van der Waals surface area contributed by atoms with Crippen LogP contribution in [0, 0.1) is 6.92 Å². The first kappa shape index (κ1) is 12.6. The molecule has 2 aromatic rings. The minimum absolute atomic E-state index is 0.159. The van der Waals surface area contributed by atoms with Crippen LogP contribution in [0.4, 0.5) is 0 Å². The second-order valence-corrected chi connectivity index (χ2v) is 4.45. The number of aromatic nitrogens is 2. The second kappa shape index (κ2) is 5.18. The SMILES string of the molecule is Cc1nc2ccccn2c1CN(C)CCC(=O)O. The van der Waals surface area contributed by atoms with Crippen LogP contribution in [-0.4, -0.2) is 39.0 Å². The van der Waals surface area contributed by atoms with Gasteiger partial charge in [-0.3, -0.25) is 9.69 Å². The van der Waals surface area contributed by atoms with E-state index in [0.29, 0.717) is 13.1 Å². The molecule has 5 heteroatoms. The van der Waals surface area contributed by atoms with Gasteiger partial charge in [-0.2, -0.15) is 0 Å². The first-order valence-corrected chi connectivity index (χ1v) is 5.91. The monoisotopic (exact) mass is 247 g/mol. The van der Waals surface area contributed by atoms with Crippen molar-refractivity contribution in [2.45, 2.75) is 19.9 Å². The van der Waals surface area contributed by atoms with E-state index in [2.05, 4.69) is 4.98 Å². The van der Waals surface area contributed by atoms with Gasteiger partial charge in [-0.25, -0.2) is 4.98 Å². The third kappa shape index (κ3) is 2.68. The number of aryl methyl sites for hydroxylation is 1. The Morgan fingerprint density at radius 3 is 3.00 bits per heavy atom. The Kier molecular flexibility index (Phi) is 3.62. The predicted octanol–water partition coefficient (Wildman–Crippen LogP) is 1.55. The lowest BCUT2D eigenvalue weighted by Crippen LogP contribution is -2.22. The minimum atomic E-state index is -0.767. The molecule has 5 nitrogen and oxygen atoms in total. The Bertz CT molecular complexity index is 562. The topological polar surface area (TPSA) is 57.8 Å². The van der Waals surface area contributed by atoms with E-state index in [1.165, 1.54) is 0 Å². The Balaban J connectivity index is 2.15. The van der Waals surface area contributed by atoms with Crippen molar-refractivity contribution >= 4 is 11.6 Å². The number of pyridine rings is 1. The molecular formula is C13H17N3O2. The molecule has 0 unspecified atom stereocenters. The quantitative estimate of drug-likeness (QED) is 0.871. The van der Waals surface area contributed by atoms with E-state index in [1.807, 2.05) is 47.7 Å². The van der Waals surface area contributed by atoms with Crippen LogP contribution in [0.25, 0.3) is 5.65 Å². The normalized spacial score (nSPS) is 11.3. The van der Waals surface area contributed by atoms with Gasteiger partial charge in [-0.15, -0.1) is 0 Å². The third-order valence-corrected chi connectivity index (χ3v) is 2.96. The van der Waals surface area contributed by atoms with Gasteiger partial charge in [0.15, 0.2) is 0 Å². The summed E-state index contributed by atoms with van der Waals surface area (Å²) in [5, 5.41) is 8.67. The van der Waals surface area contributed by atoms with Gasteiger partial charge in [0, 0.05) is 19.3 Å². The number of carboxylic acid groups (broad SMARTS) is 1. The van der Waals surface area contributed by atoms with E-state index in [9.17, 15) is 4.79 Å². The highest BCUT2D eigenvalue weighted by atomic mass is 16.4. The largest absolute Gasteiger partial charge is 0.481 e. The lowest BCUT2D eigenvalue weighted by molar-refractivity contribution is -0.137. The molecule has 0 radical (unpaired) electrons. The number of carbonyl (C=O) groups is 1. The van der Waals surface area contributed by atoms with Crippen molar-refractivity contribution in [2.75, 3.05) is 13.6 Å². The molecule has 0 atom stereocenters. The van der Waals surface area contributed by atoms with Gasteiger partial charge in [-0.05, 0) is 26.1 Å². The fraction of sp³-hybridized carbons (Fsp3) is 0.385. The lowest BCUT2D eigenvalue weighted by Gasteiger charge is -2.15. The molecule has 1 N–H and O–H groups in total. The summed E-state index contributed by atoms with van der Waals surface area (Å²) in [6.45, 7) is 3.21. The number of hydrogen-bond donors (Lipinski definition) is 1. The molecule has 0 saturated carbocycles. The maximum atomic E-state index is 10.5. The second-order valence-electron chi connectivity index (χ2n) is 4.45. The summed E-state index contributed by atoms with van der Waals surface area (Å²) in [5.41, 5.74) is 3.03. The highest BCUT2D eigenvalue weighted by Crippen LogP contribution is 2.13. The number of fused-ring (bicyclic) bond motifs is 1. The van der Waals surface area contributed by atoms with E-state index in [1.54, 1.807) is 0 Å². The van der Waals surface area contributed by atoms with Crippen LogP contribution >= 0.6 is 0 Å². The van der Waals surface area contributed by atoms with Gasteiger partial charge in [0.2, 0.25) is 0 Å². The fourth-order valence-corrected chi connectivity index (χ4v) is 1.98. The van der Waals surface area contributed by atoms with E-state index < -0.39 is 5.97 Å². The number of aliphatic carboxylic acids is 1. The molecule has 0 saturated heterocycles. The molecule has 0 aromatic carbocycles. The van der Waals surface area contributed by atoms with Crippen LogP contribution < -0.4 is 0 Å². The predicted molar refractivity (Wildman–Crippen MR) is 68.5 cm³/mol. The van der Waals surface area contributed by atoms with E-state index in [-0.39, 0.29) is 6.42 Å². The van der Waals surface area contributed by atoms with E-state index >= 15 is 0 Å². The van der Waals surface area contributed by atoms with Crippen LogP contribution in [0.5, 0.6) is 0 Å². The Labute approximate surface area is 106 Å². The molecule has 0 aliphatic heterocycles. The molecule has 2 heterocycles. The summed E-state index contributed by atoms with van der Waals surface area (Å²) in [7, 11) is 1.92. The van der Waals surface area contributed by atoms with Gasteiger partial charge in [-0.1, -0.05) is 6.07 Å². The van der Waals surface area contributed by atoms with Crippen LogP contribution in [0.3, 0.4) is 0 Å². The van der Waals surface area contributed by atoms with Crippen molar-refractivity contribution in [3.8, 4) is 0 Å². The summed E-state index contributed by atoms with van der Waals surface area (Å²) < 4.78 is 2.05. The van der Waals surface area contributed by atoms with Gasteiger partial charge >= 0.3 is 5.97 Å². The van der Waals surface area contributed by atoms with E-state index in [4.69, 9.17) is 5.11 Å². The summed E-state index contributed by atoms with van der Waals surface area (Å²) in [4.78, 5) is 17.0. The fourth-order valence-electron chi connectivity index (χ4n) is 1.98. The zero-order valence-corrected chi connectivity index (χ0v) is 10.6. The summed E-state index contributed by atoms with van der Waals surface area (Å²) in [6, 6.07) is 5.89. The van der Waals surface area contributed by atoms with Crippen molar-refractivity contribution in [3.63, 3.8) is 0 Å². The number of imidazole rings is 1. The maximum absolute atomic E-state index is 10.5. The Morgan fingerprint density at radius 2 is 2.28 bits per heavy atom. The van der Waals surface area contributed by atoms with Crippen molar-refractivity contribution in [2.24, 2.45) is 0 Å². The molecule has 2 rings (SSSR count). The maximum Gasteiger partial charge on any atom is 0.304 e. The third-order valence-electron chi connectivity index (χ3n) is 2.96. The number of rotatable bonds is 5. The summed E-state index contributed by atoms with van der Waals surface area (Å²) in [6.07, 6.45) is 2.14.